The summed E-state index contributed by atoms with van der Waals surface area (Å²) in [4.78, 5) is 0. The van der Waals surface area contributed by atoms with Crippen molar-refractivity contribution in [2.24, 2.45) is 13.0 Å². The van der Waals surface area contributed by atoms with Crippen LogP contribution >= 0.6 is 0 Å². The Hall–Kier alpha value is -0.870. The molecule has 0 saturated heterocycles. The van der Waals surface area contributed by atoms with Gasteiger partial charge in [0.25, 0.3) is 0 Å². The number of hydrogen-bond acceptors (Lipinski definition) is 3. The van der Waals surface area contributed by atoms with E-state index in [-0.39, 0.29) is 0 Å². The molecule has 0 aliphatic heterocycles. The number of ether oxygens (including phenoxy) is 1. The van der Waals surface area contributed by atoms with Crippen LogP contribution in [0.1, 0.15) is 51.5 Å². The summed E-state index contributed by atoms with van der Waals surface area (Å²) in [5.41, 5.74) is 1.30. The molecule has 1 aromatic rings. The molecule has 21 heavy (non-hydrogen) atoms. The molecule has 0 radical (unpaired) electrons. The van der Waals surface area contributed by atoms with Crippen LogP contribution in [0.15, 0.2) is 12.4 Å². The average Bonchev–Trinajstić information content (AvgIpc) is 2.90. The van der Waals surface area contributed by atoms with Gasteiger partial charge in [-0.05, 0) is 44.2 Å². The summed E-state index contributed by atoms with van der Waals surface area (Å²) in [6.45, 7) is 6.08. The van der Waals surface area contributed by atoms with Gasteiger partial charge in [0.2, 0.25) is 0 Å². The molecule has 4 nitrogen and oxygen atoms in total. The maximum absolute atomic E-state index is 6.19. The minimum atomic E-state index is 0.329. The van der Waals surface area contributed by atoms with Crippen molar-refractivity contribution in [3.8, 4) is 0 Å². The molecule has 0 spiro atoms. The summed E-state index contributed by atoms with van der Waals surface area (Å²) in [5.74, 6) is 0.708. The minimum Gasteiger partial charge on any atom is -0.377 e. The molecule has 0 bridgehead atoms. The third-order valence-corrected chi connectivity index (χ3v) is 4.55. The minimum absolute atomic E-state index is 0.329. The van der Waals surface area contributed by atoms with E-state index in [1.807, 2.05) is 17.9 Å². The summed E-state index contributed by atoms with van der Waals surface area (Å²) in [7, 11) is 1.98. The Labute approximate surface area is 129 Å². The Morgan fingerprint density at radius 2 is 2.10 bits per heavy atom. The molecule has 1 heterocycles. The fraction of sp³-hybridized carbons (Fsp3) is 0.824. The number of aryl methyl sites for hydroxylation is 1. The third kappa shape index (κ3) is 4.82. The lowest BCUT2D eigenvalue weighted by Crippen LogP contribution is -2.47. The van der Waals surface area contributed by atoms with Crippen molar-refractivity contribution in [1.82, 2.24) is 15.1 Å². The van der Waals surface area contributed by atoms with Crippen molar-refractivity contribution in [1.29, 1.82) is 0 Å². The standard InChI is InChI=1S/C17H31N3O/c1-4-18-16(11-14-12-19-20(3)13-14)17(21-5-2)15-9-7-6-8-10-15/h12-13,15-18H,4-11H2,1-3H3. The van der Waals surface area contributed by atoms with E-state index in [1.165, 1.54) is 37.7 Å². The summed E-state index contributed by atoms with van der Waals surface area (Å²) >= 11 is 0. The number of nitrogens with zero attached hydrogens (tertiary/aromatic N) is 2. The summed E-state index contributed by atoms with van der Waals surface area (Å²) in [6, 6.07) is 0.391. The van der Waals surface area contributed by atoms with Gasteiger partial charge in [-0.2, -0.15) is 5.10 Å². The quantitative estimate of drug-likeness (QED) is 0.801. The van der Waals surface area contributed by atoms with Crippen molar-refractivity contribution in [3.05, 3.63) is 18.0 Å². The van der Waals surface area contributed by atoms with Crippen LogP contribution in [0.25, 0.3) is 0 Å². The average molecular weight is 293 g/mol. The molecule has 1 N–H and O–H groups in total. The first-order valence-corrected chi connectivity index (χ1v) is 8.57. The Kier molecular flexibility index (Phi) is 6.71. The van der Waals surface area contributed by atoms with E-state index in [4.69, 9.17) is 4.74 Å². The maximum Gasteiger partial charge on any atom is 0.0759 e. The van der Waals surface area contributed by atoms with Crippen molar-refractivity contribution >= 4 is 0 Å². The van der Waals surface area contributed by atoms with E-state index in [0.717, 1.165) is 19.6 Å². The smallest absolute Gasteiger partial charge is 0.0759 e. The summed E-state index contributed by atoms with van der Waals surface area (Å²) in [5, 5.41) is 7.96. The van der Waals surface area contributed by atoms with E-state index in [9.17, 15) is 0 Å². The molecule has 1 fully saturated rings. The van der Waals surface area contributed by atoms with Crippen molar-refractivity contribution in [2.75, 3.05) is 13.2 Å². The lowest BCUT2D eigenvalue weighted by atomic mass is 9.81. The molecule has 0 amide bonds. The van der Waals surface area contributed by atoms with Gasteiger partial charge >= 0.3 is 0 Å². The fourth-order valence-corrected chi connectivity index (χ4v) is 3.63. The van der Waals surface area contributed by atoms with Gasteiger partial charge in [0, 0.05) is 25.9 Å². The second kappa shape index (κ2) is 8.54. The molecule has 2 atom stereocenters. The Morgan fingerprint density at radius 1 is 1.33 bits per heavy atom. The number of aromatic nitrogens is 2. The molecule has 0 aromatic carbocycles. The Bertz CT molecular complexity index is 398. The Balaban J connectivity index is 2.06. The van der Waals surface area contributed by atoms with E-state index in [2.05, 4.69) is 30.5 Å². The second-order valence-electron chi connectivity index (χ2n) is 6.21. The molecule has 1 saturated carbocycles. The highest BCUT2D eigenvalue weighted by Crippen LogP contribution is 2.30. The normalized spacial score (nSPS) is 19.6. The first kappa shape index (κ1) is 16.5. The van der Waals surface area contributed by atoms with Crippen LogP contribution in [0.5, 0.6) is 0 Å². The Morgan fingerprint density at radius 3 is 2.67 bits per heavy atom. The van der Waals surface area contributed by atoms with Crippen LogP contribution in [-0.2, 0) is 18.2 Å². The van der Waals surface area contributed by atoms with Crippen molar-refractivity contribution < 1.29 is 4.74 Å². The zero-order valence-corrected chi connectivity index (χ0v) is 13.8. The molecule has 1 aliphatic rings. The molecule has 1 aliphatic carbocycles. The van der Waals surface area contributed by atoms with Gasteiger partial charge in [-0.25, -0.2) is 0 Å². The predicted octanol–water partition coefficient (Wildman–Crippen LogP) is 2.93. The van der Waals surface area contributed by atoms with Gasteiger partial charge in [0.05, 0.1) is 12.3 Å². The van der Waals surface area contributed by atoms with E-state index >= 15 is 0 Å². The molecular formula is C17H31N3O. The van der Waals surface area contributed by atoms with Crippen LogP contribution in [0.2, 0.25) is 0 Å². The van der Waals surface area contributed by atoms with E-state index < -0.39 is 0 Å². The first-order chi connectivity index (χ1) is 10.2. The fourth-order valence-electron chi connectivity index (χ4n) is 3.63. The highest BCUT2D eigenvalue weighted by atomic mass is 16.5. The molecule has 4 heteroatoms. The van der Waals surface area contributed by atoms with Gasteiger partial charge in [0.1, 0.15) is 0 Å². The van der Waals surface area contributed by atoms with Crippen LogP contribution < -0.4 is 5.32 Å². The number of rotatable bonds is 8. The van der Waals surface area contributed by atoms with Crippen LogP contribution in [0.3, 0.4) is 0 Å². The number of likely N-dealkylation sites (N-methyl/N-ethyl adjacent to an activating group) is 1. The van der Waals surface area contributed by atoms with Crippen molar-refractivity contribution in [2.45, 2.75) is 64.5 Å². The largest absolute Gasteiger partial charge is 0.377 e. The molecule has 2 unspecified atom stereocenters. The lowest BCUT2D eigenvalue weighted by molar-refractivity contribution is -0.0171. The highest BCUT2D eigenvalue weighted by Gasteiger charge is 2.31. The maximum atomic E-state index is 6.19. The summed E-state index contributed by atoms with van der Waals surface area (Å²) < 4.78 is 8.07. The molecular weight excluding hydrogens is 262 g/mol. The van der Waals surface area contributed by atoms with E-state index in [1.54, 1.807) is 0 Å². The lowest BCUT2D eigenvalue weighted by Gasteiger charge is -2.36. The van der Waals surface area contributed by atoms with Gasteiger partial charge < -0.3 is 10.1 Å². The van der Waals surface area contributed by atoms with Crippen LogP contribution in [-0.4, -0.2) is 35.1 Å². The van der Waals surface area contributed by atoms with Gasteiger partial charge in [-0.1, -0.05) is 26.2 Å². The van der Waals surface area contributed by atoms with Gasteiger partial charge in [-0.15, -0.1) is 0 Å². The van der Waals surface area contributed by atoms with Gasteiger partial charge in [-0.3, -0.25) is 4.68 Å². The molecule has 120 valence electrons. The highest BCUT2D eigenvalue weighted by molar-refractivity contribution is 5.07. The predicted molar refractivity (Wildman–Crippen MR) is 86.4 cm³/mol. The molecule has 2 rings (SSSR count). The third-order valence-electron chi connectivity index (χ3n) is 4.55. The number of hydrogen-bond donors (Lipinski definition) is 1. The van der Waals surface area contributed by atoms with Crippen molar-refractivity contribution in [3.63, 3.8) is 0 Å². The topological polar surface area (TPSA) is 39.1 Å². The SMILES string of the molecule is CCNC(Cc1cnn(C)c1)C(OCC)C1CCCCC1. The monoisotopic (exact) mass is 293 g/mol. The van der Waals surface area contributed by atoms with Gasteiger partial charge in [0.15, 0.2) is 0 Å². The van der Waals surface area contributed by atoms with E-state index in [0.29, 0.717) is 18.1 Å². The second-order valence-corrected chi connectivity index (χ2v) is 6.21. The first-order valence-electron chi connectivity index (χ1n) is 8.57. The molecule has 1 aromatic heterocycles. The van der Waals surface area contributed by atoms with Crippen LogP contribution in [0, 0.1) is 5.92 Å². The zero-order chi connectivity index (χ0) is 15.1. The zero-order valence-electron chi connectivity index (χ0n) is 13.8. The summed E-state index contributed by atoms with van der Waals surface area (Å²) in [6.07, 6.45) is 12.2. The van der Waals surface area contributed by atoms with Crippen LogP contribution in [0.4, 0.5) is 0 Å². The number of nitrogens with one attached hydrogen (secondary N) is 1.